The predicted molar refractivity (Wildman–Crippen MR) is 61.2 cm³/mol. The van der Waals surface area contributed by atoms with E-state index in [0.717, 1.165) is 17.9 Å². The lowest BCUT2D eigenvalue weighted by Crippen LogP contribution is -2.28. The Labute approximate surface area is 91.1 Å². The van der Waals surface area contributed by atoms with Crippen LogP contribution in [0.1, 0.15) is 12.5 Å². The van der Waals surface area contributed by atoms with Crippen LogP contribution in [0.25, 0.3) is 0 Å². The number of aryl methyl sites for hydroxylation is 1. The number of para-hydroxylation sites is 1. The molecule has 1 aromatic carbocycles. The molecule has 0 heterocycles. The molecule has 0 fully saturated rings. The highest BCUT2D eigenvalue weighted by atomic mass is 16.5. The third kappa shape index (κ3) is 4.81. The topological polar surface area (TPSA) is 41.5 Å². The molecule has 15 heavy (non-hydrogen) atoms. The van der Waals surface area contributed by atoms with Crippen LogP contribution >= 0.6 is 0 Å². The van der Waals surface area contributed by atoms with Gasteiger partial charge in [0.1, 0.15) is 12.4 Å². The zero-order valence-electron chi connectivity index (χ0n) is 9.36. The number of aliphatic hydroxyl groups excluding tert-OH is 1. The van der Waals surface area contributed by atoms with Crippen LogP contribution in [-0.4, -0.2) is 30.9 Å². The molecule has 3 nitrogen and oxygen atoms in total. The molecule has 0 spiro atoms. The van der Waals surface area contributed by atoms with E-state index < -0.39 is 0 Å². The summed E-state index contributed by atoms with van der Waals surface area (Å²) >= 11 is 0. The van der Waals surface area contributed by atoms with E-state index in [1.807, 2.05) is 31.2 Å². The number of benzene rings is 1. The fourth-order valence-corrected chi connectivity index (χ4v) is 1.26. The number of hydrogen-bond donors (Lipinski definition) is 2. The largest absolute Gasteiger partial charge is 0.492 e. The highest BCUT2D eigenvalue weighted by Crippen LogP contribution is 2.15. The van der Waals surface area contributed by atoms with Gasteiger partial charge in [0.25, 0.3) is 0 Å². The molecule has 0 saturated carbocycles. The molecular weight excluding hydrogens is 190 g/mol. The molecule has 0 aliphatic carbocycles. The smallest absolute Gasteiger partial charge is 0.122 e. The summed E-state index contributed by atoms with van der Waals surface area (Å²) < 4.78 is 5.57. The minimum absolute atomic E-state index is 0.302. The number of ether oxygens (including phenoxy) is 1. The Kier molecular flexibility index (Phi) is 5.15. The number of aliphatic hydroxyl groups is 1. The maximum absolute atomic E-state index is 9.01. The van der Waals surface area contributed by atoms with Gasteiger partial charge in [-0.3, -0.25) is 0 Å². The number of rotatable bonds is 6. The third-order valence-electron chi connectivity index (χ3n) is 2.07. The summed E-state index contributed by atoms with van der Waals surface area (Å²) in [5.41, 5.74) is 1.15. The zero-order chi connectivity index (χ0) is 11.1. The van der Waals surface area contributed by atoms with Crippen molar-refractivity contribution in [3.05, 3.63) is 29.8 Å². The Morgan fingerprint density at radius 1 is 1.40 bits per heavy atom. The Hall–Kier alpha value is -1.06. The van der Waals surface area contributed by atoms with Crippen molar-refractivity contribution in [2.45, 2.75) is 20.0 Å². The van der Waals surface area contributed by atoms with Crippen LogP contribution < -0.4 is 10.1 Å². The molecule has 3 heteroatoms. The molecular formula is C12H19NO2. The highest BCUT2D eigenvalue weighted by molar-refractivity contribution is 5.31. The lowest BCUT2D eigenvalue weighted by atomic mass is 10.2. The second-order valence-electron chi connectivity index (χ2n) is 3.67. The van der Waals surface area contributed by atoms with Crippen molar-refractivity contribution >= 4 is 0 Å². The molecule has 0 aliphatic rings. The van der Waals surface area contributed by atoms with E-state index in [2.05, 4.69) is 5.32 Å². The van der Waals surface area contributed by atoms with Gasteiger partial charge in [-0.05, 0) is 25.5 Å². The normalized spacial score (nSPS) is 12.5. The van der Waals surface area contributed by atoms with E-state index in [1.54, 1.807) is 6.92 Å². The molecule has 0 aromatic heterocycles. The third-order valence-corrected chi connectivity index (χ3v) is 2.07. The van der Waals surface area contributed by atoms with Gasteiger partial charge < -0.3 is 15.2 Å². The van der Waals surface area contributed by atoms with Gasteiger partial charge in [0.15, 0.2) is 0 Å². The molecule has 1 atom stereocenters. The van der Waals surface area contributed by atoms with E-state index in [9.17, 15) is 0 Å². The minimum atomic E-state index is -0.302. The van der Waals surface area contributed by atoms with Crippen LogP contribution in [-0.2, 0) is 0 Å². The Morgan fingerprint density at radius 2 is 2.13 bits per heavy atom. The monoisotopic (exact) mass is 209 g/mol. The fourth-order valence-electron chi connectivity index (χ4n) is 1.26. The van der Waals surface area contributed by atoms with Gasteiger partial charge in [-0.1, -0.05) is 18.2 Å². The van der Waals surface area contributed by atoms with E-state index in [1.165, 1.54) is 0 Å². The summed E-state index contributed by atoms with van der Waals surface area (Å²) in [4.78, 5) is 0. The van der Waals surface area contributed by atoms with Gasteiger partial charge in [-0.2, -0.15) is 0 Å². The van der Waals surface area contributed by atoms with Gasteiger partial charge in [0, 0.05) is 13.1 Å². The molecule has 0 amide bonds. The van der Waals surface area contributed by atoms with E-state index >= 15 is 0 Å². The van der Waals surface area contributed by atoms with E-state index in [4.69, 9.17) is 9.84 Å². The first-order valence-corrected chi connectivity index (χ1v) is 5.27. The summed E-state index contributed by atoms with van der Waals surface area (Å²) in [6, 6.07) is 7.95. The van der Waals surface area contributed by atoms with Gasteiger partial charge in [-0.25, -0.2) is 0 Å². The van der Waals surface area contributed by atoms with Crippen molar-refractivity contribution < 1.29 is 9.84 Å². The quantitative estimate of drug-likeness (QED) is 0.695. The van der Waals surface area contributed by atoms with Crippen molar-refractivity contribution in [2.24, 2.45) is 0 Å². The van der Waals surface area contributed by atoms with Gasteiger partial charge >= 0.3 is 0 Å². The summed E-state index contributed by atoms with van der Waals surface area (Å²) in [5, 5.41) is 12.1. The average Bonchev–Trinajstić information content (AvgIpc) is 2.20. The Balaban J connectivity index is 2.18. The standard InChI is InChI=1S/C12H19NO2/c1-10-5-3-4-6-12(10)15-8-7-13-9-11(2)14/h3-6,11,13-14H,7-9H2,1-2H3/t11-/m0/s1. The molecule has 0 unspecified atom stereocenters. The minimum Gasteiger partial charge on any atom is -0.492 e. The fraction of sp³-hybridized carbons (Fsp3) is 0.500. The van der Waals surface area contributed by atoms with Gasteiger partial charge in [-0.15, -0.1) is 0 Å². The van der Waals surface area contributed by atoms with Crippen LogP contribution in [0.5, 0.6) is 5.75 Å². The number of nitrogens with one attached hydrogen (secondary N) is 1. The van der Waals surface area contributed by atoms with Crippen LogP contribution in [0.4, 0.5) is 0 Å². The second kappa shape index (κ2) is 6.43. The summed E-state index contributed by atoms with van der Waals surface area (Å²) in [7, 11) is 0. The summed E-state index contributed by atoms with van der Waals surface area (Å²) in [6.45, 7) is 5.77. The maximum atomic E-state index is 9.01. The first kappa shape index (κ1) is 12.0. The summed E-state index contributed by atoms with van der Waals surface area (Å²) in [5.74, 6) is 0.927. The van der Waals surface area contributed by atoms with Crippen molar-refractivity contribution in [1.29, 1.82) is 0 Å². The lowest BCUT2D eigenvalue weighted by Gasteiger charge is -2.10. The molecule has 1 aromatic rings. The van der Waals surface area contributed by atoms with Crippen LogP contribution in [0.3, 0.4) is 0 Å². The Bertz CT molecular complexity index is 287. The van der Waals surface area contributed by atoms with Crippen molar-refractivity contribution in [1.82, 2.24) is 5.32 Å². The molecule has 0 radical (unpaired) electrons. The van der Waals surface area contributed by atoms with Crippen LogP contribution in [0.2, 0.25) is 0 Å². The van der Waals surface area contributed by atoms with E-state index in [0.29, 0.717) is 13.2 Å². The molecule has 0 bridgehead atoms. The second-order valence-corrected chi connectivity index (χ2v) is 3.67. The summed E-state index contributed by atoms with van der Waals surface area (Å²) in [6.07, 6.45) is -0.302. The molecule has 2 N–H and O–H groups in total. The SMILES string of the molecule is Cc1ccccc1OCCNC[C@H](C)O. The molecule has 1 rings (SSSR count). The predicted octanol–water partition coefficient (Wildman–Crippen LogP) is 1.34. The molecule has 0 saturated heterocycles. The molecule has 0 aliphatic heterocycles. The average molecular weight is 209 g/mol. The first-order chi connectivity index (χ1) is 7.20. The van der Waals surface area contributed by atoms with Gasteiger partial charge in [0.05, 0.1) is 6.10 Å². The van der Waals surface area contributed by atoms with Crippen LogP contribution in [0, 0.1) is 6.92 Å². The van der Waals surface area contributed by atoms with Crippen molar-refractivity contribution in [3.8, 4) is 5.75 Å². The Morgan fingerprint density at radius 3 is 2.80 bits per heavy atom. The molecule has 84 valence electrons. The maximum Gasteiger partial charge on any atom is 0.122 e. The lowest BCUT2D eigenvalue weighted by molar-refractivity contribution is 0.188. The van der Waals surface area contributed by atoms with Gasteiger partial charge in [0.2, 0.25) is 0 Å². The zero-order valence-corrected chi connectivity index (χ0v) is 9.36. The van der Waals surface area contributed by atoms with Crippen molar-refractivity contribution in [2.75, 3.05) is 19.7 Å². The number of hydrogen-bond acceptors (Lipinski definition) is 3. The highest BCUT2D eigenvalue weighted by Gasteiger charge is 1.97. The van der Waals surface area contributed by atoms with E-state index in [-0.39, 0.29) is 6.10 Å². The first-order valence-electron chi connectivity index (χ1n) is 5.27. The van der Waals surface area contributed by atoms with Crippen LogP contribution in [0.15, 0.2) is 24.3 Å². The van der Waals surface area contributed by atoms with Crippen molar-refractivity contribution in [3.63, 3.8) is 0 Å².